The summed E-state index contributed by atoms with van der Waals surface area (Å²) in [6.45, 7) is 3.09. The smallest absolute Gasteiger partial charge is 0.116 e. The van der Waals surface area contributed by atoms with Crippen molar-refractivity contribution in [1.82, 2.24) is 5.32 Å². The predicted octanol–water partition coefficient (Wildman–Crippen LogP) is 2.09. The van der Waals surface area contributed by atoms with E-state index in [2.05, 4.69) is 11.4 Å². The molecule has 0 bridgehead atoms. The molecule has 1 saturated carbocycles. The molecule has 1 aliphatic heterocycles. The minimum atomic E-state index is -0.216. The van der Waals surface area contributed by atoms with E-state index < -0.39 is 0 Å². The van der Waals surface area contributed by atoms with Crippen LogP contribution in [0.25, 0.3) is 0 Å². The number of hydrogen-bond acceptors (Lipinski definition) is 3. The minimum Gasteiger partial charge on any atom is -0.378 e. The lowest BCUT2D eigenvalue weighted by Crippen LogP contribution is -2.48. The van der Waals surface area contributed by atoms with Gasteiger partial charge >= 0.3 is 0 Å². The Morgan fingerprint density at radius 2 is 2.00 bits per heavy atom. The maximum atomic E-state index is 9.01. The fraction of sp³-hybridized carbons (Fsp3) is 0.923. The first-order chi connectivity index (χ1) is 7.85. The van der Waals surface area contributed by atoms with Crippen molar-refractivity contribution < 1.29 is 4.74 Å². The molecular weight excluding hydrogens is 200 g/mol. The van der Waals surface area contributed by atoms with Gasteiger partial charge in [-0.25, -0.2) is 0 Å². The van der Waals surface area contributed by atoms with Gasteiger partial charge in [-0.1, -0.05) is 32.1 Å². The Morgan fingerprint density at radius 1 is 1.25 bits per heavy atom. The molecule has 0 unspecified atom stereocenters. The Hall–Kier alpha value is -0.590. The van der Waals surface area contributed by atoms with E-state index in [1.807, 2.05) is 0 Å². The van der Waals surface area contributed by atoms with E-state index in [9.17, 15) is 0 Å². The monoisotopic (exact) mass is 222 g/mol. The van der Waals surface area contributed by atoms with Crippen LogP contribution in [-0.2, 0) is 4.74 Å². The van der Waals surface area contributed by atoms with Crippen molar-refractivity contribution in [2.24, 2.45) is 11.3 Å². The van der Waals surface area contributed by atoms with Crippen LogP contribution in [0.15, 0.2) is 0 Å². The summed E-state index contributed by atoms with van der Waals surface area (Å²) in [5.74, 6) is 0.928. The molecule has 0 aromatic carbocycles. The van der Waals surface area contributed by atoms with Crippen molar-refractivity contribution in [3.63, 3.8) is 0 Å². The van der Waals surface area contributed by atoms with E-state index in [4.69, 9.17) is 10.00 Å². The summed E-state index contributed by atoms with van der Waals surface area (Å²) in [4.78, 5) is 0. The maximum Gasteiger partial charge on any atom is 0.116 e. The lowest BCUT2D eigenvalue weighted by Gasteiger charge is -2.35. The van der Waals surface area contributed by atoms with Gasteiger partial charge in [0.1, 0.15) is 5.41 Å². The Bertz CT molecular complexity index is 249. The summed E-state index contributed by atoms with van der Waals surface area (Å²) in [7, 11) is 0. The van der Waals surface area contributed by atoms with Crippen LogP contribution in [0.1, 0.15) is 38.5 Å². The number of nitrogens with zero attached hydrogens (tertiary/aromatic N) is 1. The molecule has 16 heavy (non-hydrogen) atoms. The van der Waals surface area contributed by atoms with Crippen LogP contribution in [0.3, 0.4) is 0 Å². The molecule has 0 aromatic heterocycles. The molecule has 1 N–H and O–H groups in total. The Morgan fingerprint density at radius 3 is 2.56 bits per heavy atom. The number of rotatable bonds is 5. The number of hydrogen-bond donors (Lipinski definition) is 1. The average Bonchev–Trinajstić information content (AvgIpc) is 2.29. The molecule has 1 aliphatic carbocycles. The van der Waals surface area contributed by atoms with Crippen LogP contribution in [0.4, 0.5) is 0 Å². The van der Waals surface area contributed by atoms with Crippen LogP contribution in [0.2, 0.25) is 0 Å². The molecule has 3 nitrogen and oxygen atoms in total. The lowest BCUT2D eigenvalue weighted by atomic mass is 9.86. The van der Waals surface area contributed by atoms with Crippen molar-refractivity contribution in [2.75, 3.05) is 26.3 Å². The third-order valence-electron chi connectivity index (χ3n) is 3.91. The summed E-state index contributed by atoms with van der Waals surface area (Å²) in [5.41, 5.74) is -0.216. The molecule has 3 heteroatoms. The van der Waals surface area contributed by atoms with E-state index in [0.29, 0.717) is 13.2 Å². The number of ether oxygens (including phenoxy) is 1. The second-order valence-electron chi connectivity index (χ2n) is 5.35. The topological polar surface area (TPSA) is 45.0 Å². The van der Waals surface area contributed by atoms with Crippen molar-refractivity contribution in [1.29, 1.82) is 5.26 Å². The van der Waals surface area contributed by atoms with Crippen LogP contribution in [0.5, 0.6) is 0 Å². The molecule has 2 rings (SSSR count). The molecular formula is C13H22N2O. The van der Waals surface area contributed by atoms with E-state index in [1.165, 1.54) is 38.5 Å². The maximum absolute atomic E-state index is 9.01. The summed E-state index contributed by atoms with van der Waals surface area (Å²) < 4.78 is 5.11. The normalized spacial score (nSPS) is 24.7. The van der Waals surface area contributed by atoms with Gasteiger partial charge in [-0.3, -0.25) is 0 Å². The van der Waals surface area contributed by atoms with Gasteiger partial charge < -0.3 is 10.1 Å². The zero-order chi connectivity index (χ0) is 11.3. The molecule has 1 saturated heterocycles. The molecule has 2 fully saturated rings. The van der Waals surface area contributed by atoms with E-state index in [1.54, 1.807) is 0 Å². The second kappa shape index (κ2) is 5.65. The fourth-order valence-electron chi connectivity index (χ4n) is 2.66. The van der Waals surface area contributed by atoms with E-state index in [0.717, 1.165) is 19.0 Å². The van der Waals surface area contributed by atoms with Gasteiger partial charge in [0, 0.05) is 6.54 Å². The molecule has 90 valence electrons. The fourth-order valence-corrected chi connectivity index (χ4v) is 2.66. The summed E-state index contributed by atoms with van der Waals surface area (Å²) in [6, 6.07) is 2.37. The molecule has 1 heterocycles. The van der Waals surface area contributed by atoms with Crippen molar-refractivity contribution in [2.45, 2.75) is 38.5 Å². The molecule has 2 aliphatic rings. The van der Waals surface area contributed by atoms with Gasteiger partial charge in [-0.15, -0.1) is 0 Å². The molecule has 0 amide bonds. The second-order valence-corrected chi connectivity index (χ2v) is 5.35. The highest BCUT2D eigenvalue weighted by Crippen LogP contribution is 2.27. The third-order valence-corrected chi connectivity index (χ3v) is 3.91. The first kappa shape index (κ1) is 11.9. The SMILES string of the molecule is N#CC1(CNCCC2CCCCC2)COC1. The van der Waals surface area contributed by atoms with E-state index in [-0.39, 0.29) is 5.41 Å². The van der Waals surface area contributed by atoms with Crippen LogP contribution in [0, 0.1) is 22.7 Å². The van der Waals surface area contributed by atoms with Crippen molar-refractivity contribution in [3.05, 3.63) is 0 Å². The van der Waals surface area contributed by atoms with Gasteiger partial charge in [0.25, 0.3) is 0 Å². The van der Waals surface area contributed by atoms with E-state index >= 15 is 0 Å². The highest BCUT2D eigenvalue weighted by atomic mass is 16.5. The molecule has 0 atom stereocenters. The van der Waals surface area contributed by atoms with Gasteiger partial charge in [-0.05, 0) is 18.9 Å². The van der Waals surface area contributed by atoms with Gasteiger partial charge in [-0.2, -0.15) is 5.26 Å². The third kappa shape index (κ3) is 2.96. The van der Waals surface area contributed by atoms with Gasteiger partial charge in [0.15, 0.2) is 0 Å². The van der Waals surface area contributed by atoms with Gasteiger partial charge in [0.2, 0.25) is 0 Å². The molecule has 0 radical (unpaired) electrons. The first-order valence-corrected chi connectivity index (χ1v) is 6.54. The van der Waals surface area contributed by atoms with Crippen LogP contribution >= 0.6 is 0 Å². The van der Waals surface area contributed by atoms with Crippen LogP contribution in [-0.4, -0.2) is 26.3 Å². The number of nitriles is 1. The van der Waals surface area contributed by atoms with Crippen molar-refractivity contribution >= 4 is 0 Å². The predicted molar refractivity (Wildman–Crippen MR) is 62.9 cm³/mol. The largest absolute Gasteiger partial charge is 0.378 e. The molecule has 0 spiro atoms. The van der Waals surface area contributed by atoms with Crippen LogP contribution < -0.4 is 5.32 Å². The standard InChI is InChI=1S/C13H22N2O/c14-8-13(10-16-11-13)9-15-7-6-12-4-2-1-3-5-12/h12,15H,1-7,9-11H2. The highest BCUT2D eigenvalue weighted by Gasteiger charge is 2.38. The zero-order valence-electron chi connectivity index (χ0n) is 10.0. The Kier molecular flexibility index (Phi) is 4.20. The minimum absolute atomic E-state index is 0.216. The summed E-state index contributed by atoms with van der Waals surface area (Å²) in [5, 5.41) is 12.4. The number of nitrogens with one attached hydrogen (secondary N) is 1. The first-order valence-electron chi connectivity index (χ1n) is 6.54. The van der Waals surface area contributed by atoms with Gasteiger partial charge in [0.05, 0.1) is 19.3 Å². The molecule has 0 aromatic rings. The lowest BCUT2D eigenvalue weighted by molar-refractivity contribution is -0.0754. The zero-order valence-corrected chi connectivity index (χ0v) is 10.0. The highest BCUT2D eigenvalue weighted by molar-refractivity contribution is 5.05. The Balaban J connectivity index is 1.56. The summed E-state index contributed by atoms with van der Waals surface area (Å²) in [6.07, 6.45) is 8.37. The quantitative estimate of drug-likeness (QED) is 0.724. The van der Waals surface area contributed by atoms with Crippen molar-refractivity contribution in [3.8, 4) is 6.07 Å². The Labute approximate surface area is 98.2 Å². The average molecular weight is 222 g/mol. The summed E-state index contributed by atoms with van der Waals surface area (Å²) >= 11 is 0.